The lowest BCUT2D eigenvalue weighted by Crippen LogP contribution is -2.27. The molecule has 0 radical (unpaired) electrons. The van der Waals surface area contributed by atoms with Crippen molar-refractivity contribution in [2.24, 2.45) is 0 Å². The number of aliphatic hydroxyl groups excluding tert-OH is 8. The van der Waals surface area contributed by atoms with Crippen molar-refractivity contribution in [3.05, 3.63) is 0 Å². The highest BCUT2D eigenvalue weighted by atomic mass is 19.2. The van der Waals surface area contributed by atoms with Crippen LogP contribution in [0.3, 0.4) is 0 Å². The van der Waals surface area contributed by atoms with Gasteiger partial charge >= 0.3 is 0 Å². The van der Waals surface area contributed by atoms with Crippen LogP contribution in [0.25, 0.3) is 0 Å². The van der Waals surface area contributed by atoms with Crippen molar-refractivity contribution >= 4 is 5.78 Å². The summed E-state index contributed by atoms with van der Waals surface area (Å²) in [7, 11) is 1.00. The maximum atomic E-state index is 11.6. The molecule has 0 aromatic carbocycles. The smallest absolute Gasteiger partial charge is 0.188 e. The van der Waals surface area contributed by atoms with Gasteiger partial charge in [0.1, 0.15) is 55.8 Å². The van der Waals surface area contributed by atoms with Gasteiger partial charge in [-0.2, -0.15) is 0 Å². The molecule has 2 saturated heterocycles. The lowest BCUT2D eigenvalue weighted by molar-refractivity contribution is -0.147. The van der Waals surface area contributed by atoms with Gasteiger partial charge in [-0.1, -0.05) is 0 Å². The Balaban J connectivity index is -0.0000000716. The number of hydrogen-bond donors (Lipinski definition) is 8. The van der Waals surface area contributed by atoms with Gasteiger partial charge in [-0.15, -0.1) is 0 Å². The summed E-state index contributed by atoms with van der Waals surface area (Å²) < 4.78 is 175. The van der Waals surface area contributed by atoms with E-state index in [-0.39, 0.29) is 111 Å². The minimum atomic E-state index is -0.953. The molecule has 0 bridgehead atoms. The summed E-state index contributed by atoms with van der Waals surface area (Å²) in [6.45, 7) is 10.1. The van der Waals surface area contributed by atoms with Gasteiger partial charge in [-0.3, -0.25) is 26.3 Å². The Kier molecular flexibility index (Phi) is 117. The highest BCUT2D eigenvalue weighted by molar-refractivity contribution is 5.72. The Morgan fingerprint density at radius 2 is 0.671 bits per heavy atom. The van der Waals surface area contributed by atoms with E-state index in [1.165, 1.54) is 41.5 Å². The molecule has 76 heavy (non-hydrogen) atoms. The molecule has 0 aliphatic carbocycles. The number of alkyl halides is 12. The molecule has 2 rings (SSSR count). The van der Waals surface area contributed by atoms with Crippen LogP contribution in [0.1, 0.15) is 69.2 Å². The van der Waals surface area contributed by atoms with Crippen LogP contribution >= 0.6 is 0 Å². The molecule has 0 amide bonds. The Bertz CT molecular complexity index is 930. The average Bonchev–Trinajstić information content (AvgIpc) is 3.94. The van der Waals surface area contributed by atoms with Crippen LogP contribution in [0, 0.1) is 0 Å². The first kappa shape index (κ1) is 99.5. The number of carbonyl (C=O) groups is 1. The molecule has 31 heteroatoms. The normalized spacial score (nSPS) is 16.1. The van der Waals surface area contributed by atoms with E-state index < -0.39 is 83.4 Å². The fourth-order valence-corrected chi connectivity index (χ4v) is 3.29. The van der Waals surface area contributed by atoms with Crippen LogP contribution in [0.15, 0.2) is 0 Å². The number of ether oxygens (including phenoxy) is 10. The zero-order valence-electron chi connectivity index (χ0n) is 46.5. The Morgan fingerprint density at radius 1 is 0.461 bits per heavy atom. The zero-order chi connectivity index (χ0) is 62.1. The summed E-state index contributed by atoms with van der Waals surface area (Å²) in [6.07, 6.45) is -3.88. The Morgan fingerprint density at radius 3 is 0.882 bits per heavy atom. The highest BCUT2D eigenvalue weighted by Crippen LogP contribution is 2.23. The molecular formula is C45H98F12O19. The van der Waals surface area contributed by atoms with Crippen LogP contribution in [0.2, 0.25) is 0 Å². The minimum absolute atomic E-state index is 0.0585. The molecule has 19 nitrogen and oxygen atoms in total. The topological polar surface area (TPSA) is 271 Å². The van der Waals surface area contributed by atoms with Crippen molar-refractivity contribution in [2.45, 2.75) is 117 Å². The molecule has 2 heterocycles. The van der Waals surface area contributed by atoms with Crippen LogP contribution in [0.5, 0.6) is 0 Å². The predicted octanol–water partition coefficient (Wildman–Crippen LogP) is 5.05. The van der Waals surface area contributed by atoms with E-state index in [2.05, 4.69) is 18.9 Å². The first-order valence-corrected chi connectivity index (χ1v) is 23.0. The lowest BCUT2D eigenvalue weighted by Gasteiger charge is -2.17. The third-order valence-corrected chi connectivity index (χ3v) is 5.50. The van der Waals surface area contributed by atoms with Crippen molar-refractivity contribution in [2.75, 3.05) is 174 Å². The van der Waals surface area contributed by atoms with Crippen molar-refractivity contribution in [1.29, 1.82) is 0 Å². The maximum absolute atomic E-state index is 11.6. The summed E-state index contributed by atoms with van der Waals surface area (Å²) in [5.41, 5.74) is 0. The standard InChI is InChI=1S/C10H19FO5.C7H15FO5.C7H13FO3.C4H9FO3.C3H6O.2C2H5FO.4C2H5F.2CH3F/c1-10(2)15-6-9(16-10)5-13-3-8(12)4-14-7-11;8-5-13-4-7(11)3-12-2-6(10)1-9;1-7(2)10-4-6(11-7)3-9-5-8;5-3-8-2-4(7)1-6;1-3(2)4;2*3-1-2-4;4*1-2-3;2*1-2/h8-9,12H,3-7H2,1-2H3;6-7,9-11H,1-5H2;6H,3-5H2,1-2H3;4,6-7H,1-3H2;1-2H3;2*4H,1-2H2;4*2H2,1H3;2*1H3. The molecule has 6 unspecified atom stereocenters. The van der Waals surface area contributed by atoms with E-state index >= 15 is 0 Å². The molecule has 0 aromatic heterocycles. The van der Waals surface area contributed by atoms with Crippen LogP contribution in [-0.4, -0.2) is 269 Å². The van der Waals surface area contributed by atoms with Crippen molar-refractivity contribution in [3.63, 3.8) is 0 Å². The van der Waals surface area contributed by atoms with Gasteiger partial charge in [0.25, 0.3) is 0 Å². The van der Waals surface area contributed by atoms with Gasteiger partial charge in [0.15, 0.2) is 39.0 Å². The quantitative estimate of drug-likeness (QED) is 0.0588. The maximum Gasteiger partial charge on any atom is 0.188 e. The Labute approximate surface area is 442 Å². The Hall–Kier alpha value is -1.89. The fraction of sp³-hybridized carbons (Fsp3) is 0.978. The summed E-state index contributed by atoms with van der Waals surface area (Å²) >= 11 is 0. The van der Waals surface area contributed by atoms with Gasteiger partial charge in [-0.25, -0.2) is 26.3 Å². The van der Waals surface area contributed by atoms with Crippen LogP contribution < -0.4 is 0 Å². The number of rotatable bonds is 24. The van der Waals surface area contributed by atoms with Crippen LogP contribution in [0.4, 0.5) is 52.7 Å². The second-order valence-electron chi connectivity index (χ2n) is 13.7. The molecule has 0 saturated carbocycles. The first-order valence-electron chi connectivity index (χ1n) is 23.0. The van der Waals surface area contributed by atoms with Gasteiger partial charge in [-0.05, 0) is 69.2 Å². The molecule has 8 N–H and O–H groups in total. The molecule has 476 valence electrons. The number of halogens is 12. The first-order chi connectivity index (χ1) is 35.9. The van der Waals surface area contributed by atoms with E-state index in [4.69, 9.17) is 64.2 Å². The molecule has 0 spiro atoms. The van der Waals surface area contributed by atoms with E-state index in [0.717, 1.165) is 0 Å². The fourth-order valence-electron chi connectivity index (χ4n) is 3.29. The molecule has 2 fully saturated rings. The van der Waals surface area contributed by atoms with Crippen LogP contribution in [-0.2, 0) is 52.2 Å². The number of Topliss-reactive ketones (excluding diaryl/α,β-unsaturated/α-hetero) is 1. The summed E-state index contributed by atoms with van der Waals surface area (Å²) in [5.74, 6) is -0.936. The van der Waals surface area contributed by atoms with E-state index in [0.29, 0.717) is 34.2 Å². The van der Waals surface area contributed by atoms with Crippen molar-refractivity contribution < 1.29 is 146 Å². The molecule has 0 aromatic rings. The van der Waals surface area contributed by atoms with E-state index in [1.807, 2.05) is 27.7 Å². The van der Waals surface area contributed by atoms with Gasteiger partial charge in [0, 0.05) is 0 Å². The second-order valence-corrected chi connectivity index (χ2v) is 13.7. The van der Waals surface area contributed by atoms with Gasteiger partial charge in [0.05, 0.1) is 134 Å². The number of aliphatic hydroxyl groups is 8. The monoisotopic (exact) mass is 1170 g/mol. The van der Waals surface area contributed by atoms with E-state index in [1.54, 1.807) is 0 Å². The molecule has 6 atom stereocenters. The minimum Gasteiger partial charge on any atom is -0.394 e. The lowest BCUT2D eigenvalue weighted by atomic mass is 10.4. The summed E-state index contributed by atoms with van der Waals surface area (Å²) in [4.78, 5) is 9.44. The van der Waals surface area contributed by atoms with Crippen molar-refractivity contribution in [1.82, 2.24) is 0 Å². The number of hydrogen-bond acceptors (Lipinski definition) is 19. The predicted molar refractivity (Wildman–Crippen MR) is 260 cm³/mol. The number of carbonyl (C=O) groups excluding carboxylic acids is 1. The summed E-state index contributed by atoms with van der Waals surface area (Å²) in [6, 6.07) is 0. The van der Waals surface area contributed by atoms with E-state index in [9.17, 15) is 62.6 Å². The third-order valence-electron chi connectivity index (χ3n) is 5.50. The average molecular weight is 1170 g/mol. The van der Waals surface area contributed by atoms with Gasteiger partial charge < -0.3 is 93.0 Å². The highest BCUT2D eigenvalue weighted by Gasteiger charge is 2.33. The molecule has 2 aliphatic rings. The molecular weight excluding hydrogens is 1070 g/mol. The summed E-state index contributed by atoms with van der Waals surface area (Å²) in [5, 5.41) is 67.0. The molecule has 2 aliphatic heterocycles. The van der Waals surface area contributed by atoms with Gasteiger partial charge in [0.2, 0.25) is 0 Å². The SMILES string of the molecule is CC(C)=O.CC1(C)OCC(COCC(O)COCF)O1.CC1(C)OCC(COCF)O1.CCF.CCF.CCF.CCF.CF.CF.OCC(O)COCC(O)COCF.OCC(O)COCF.OCCF.OCCF. The largest absolute Gasteiger partial charge is 0.394 e. The third kappa shape index (κ3) is 125. The zero-order valence-corrected chi connectivity index (χ0v) is 46.5. The van der Waals surface area contributed by atoms with Crippen molar-refractivity contribution in [3.8, 4) is 0 Å². The second kappa shape index (κ2) is 89.7. The number of ketones is 1.